The number of carbonyl (C=O) groups is 1. The number of halogens is 1. The van der Waals surface area contributed by atoms with Gasteiger partial charge in [-0.2, -0.15) is 0 Å². The van der Waals surface area contributed by atoms with Gasteiger partial charge in [0.1, 0.15) is 0 Å². The number of methoxy groups -OCH3 is 1. The highest BCUT2D eigenvalue weighted by molar-refractivity contribution is 6.30. The average molecular weight is 409 g/mol. The smallest absolute Gasteiger partial charge is 0.305 e. The number of carbonyl (C=O) groups excluding carboxylic acids is 1. The van der Waals surface area contributed by atoms with E-state index in [0.29, 0.717) is 18.4 Å². The van der Waals surface area contributed by atoms with E-state index in [2.05, 4.69) is 44.4 Å². The van der Waals surface area contributed by atoms with Crippen molar-refractivity contribution in [3.8, 4) is 0 Å². The van der Waals surface area contributed by atoms with Crippen LogP contribution in [0.25, 0.3) is 0 Å². The standard InChI is InChI=1S/C21H33ClN4O2/c1-23-21(24-12-5-4-11-19(27)28-3)25-15-17-9-7-13-26(2)20(17)16-8-6-10-18(22)14-16/h6,8,10,14,17,20H,4-5,7,9,11-13,15H2,1-3H3,(H2,23,24,25). The largest absolute Gasteiger partial charge is 0.469 e. The molecule has 1 aromatic rings. The fraction of sp³-hybridized carbons (Fsp3) is 0.619. The number of nitrogens with zero attached hydrogens (tertiary/aromatic N) is 2. The van der Waals surface area contributed by atoms with Crippen LogP contribution in [0.15, 0.2) is 29.3 Å². The molecular weight excluding hydrogens is 376 g/mol. The van der Waals surface area contributed by atoms with Crippen molar-refractivity contribution in [2.75, 3.05) is 40.8 Å². The molecule has 0 radical (unpaired) electrons. The number of esters is 1. The first-order valence-corrected chi connectivity index (χ1v) is 10.4. The summed E-state index contributed by atoms with van der Waals surface area (Å²) in [4.78, 5) is 17.9. The monoisotopic (exact) mass is 408 g/mol. The lowest BCUT2D eigenvalue weighted by Gasteiger charge is -2.40. The van der Waals surface area contributed by atoms with E-state index in [1.807, 2.05) is 12.1 Å². The number of likely N-dealkylation sites (tertiary alicyclic amines) is 1. The first-order valence-electron chi connectivity index (χ1n) is 10.0. The molecule has 0 aliphatic carbocycles. The van der Waals surface area contributed by atoms with E-state index in [1.165, 1.54) is 25.5 Å². The van der Waals surface area contributed by atoms with E-state index in [0.717, 1.165) is 43.5 Å². The maximum Gasteiger partial charge on any atom is 0.305 e. The Bertz CT molecular complexity index is 653. The van der Waals surface area contributed by atoms with Gasteiger partial charge >= 0.3 is 5.97 Å². The van der Waals surface area contributed by atoms with Gasteiger partial charge in [0.15, 0.2) is 5.96 Å². The third-order valence-corrected chi connectivity index (χ3v) is 5.52. The summed E-state index contributed by atoms with van der Waals surface area (Å²) < 4.78 is 4.66. The van der Waals surface area contributed by atoms with Gasteiger partial charge in [-0.3, -0.25) is 14.7 Å². The van der Waals surface area contributed by atoms with Crippen LogP contribution in [-0.4, -0.2) is 57.7 Å². The minimum Gasteiger partial charge on any atom is -0.469 e. The lowest BCUT2D eigenvalue weighted by molar-refractivity contribution is -0.140. The summed E-state index contributed by atoms with van der Waals surface area (Å²) >= 11 is 6.23. The van der Waals surface area contributed by atoms with Gasteiger partial charge in [-0.05, 0) is 62.9 Å². The molecule has 1 aromatic carbocycles. The van der Waals surface area contributed by atoms with Crippen LogP contribution in [0.2, 0.25) is 5.02 Å². The Hall–Kier alpha value is -1.79. The van der Waals surface area contributed by atoms with Gasteiger partial charge in [0, 0.05) is 37.6 Å². The maximum atomic E-state index is 11.1. The van der Waals surface area contributed by atoms with E-state index in [4.69, 9.17) is 11.6 Å². The van der Waals surface area contributed by atoms with Gasteiger partial charge in [-0.15, -0.1) is 0 Å². The Morgan fingerprint density at radius 3 is 2.89 bits per heavy atom. The summed E-state index contributed by atoms with van der Waals surface area (Å²) in [6.45, 7) is 2.73. The van der Waals surface area contributed by atoms with Crippen LogP contribution >= 0.6 is 11.6 Å². The Kier molecular flexibility index (Phi) is 9.58. The minimum absolute atomic E-state index is 0.156. The lowest BCUT2D eigenvalue weighted by Crippen LogP contribution is -2.45. The Balaban J connectivity index is 1.85. The molecule has 0 aromatic heterocycles. The van der Waals surface area contributed by atoms with Crippen LogP contribution in [0.5, 0.6) is 0 Å². The third-order valence-electron chi connectivity index (χ3n) is 5.28. The van der Waals surface area contributed by atoms with E-state index >= 15 is 0 Å². The molecule has 1 fully saturated rings. The van der Waals surface area contributed by atoms with Gasteiger partial charge in [0.05, 0.1) is 7.11 Å². The van der Waals surface area contributed by atoms with Crippen LogP contribution in [-0.2, 0) is 9.53 Å². The normalized spacial score (nSPS) is 20.6. The van der Waals surface area contributed by atoms with Crippen molar-refractivity contribution < 1.29 is 9.53 Å². The second-order valence-electron chi connectivity index (χ2n) is 7.30. The number of hydrogen-bond donors (Lipinski definition) is 2. The third kappa shape index (κ3) is 6.99. The molecular formula is C21H33ClN4O2. The number of benzene rings is 1. The summed E-state index contributed by atoms with van der Waals surface area (Å²) in [7, 11) is 5.39. The molecule has 1 aliphatic heterocycles. The lowest BCUT2D eigenvalue weighted by atomic mass is 9.85. The molecule has 2 rings (SSSR count). The van der Waals surface area contributed by atoms with Gasteiger partial charge in [-0.1, -0.05) is 23.7 Å². The highest BCUT2D eigenvalue weighted by Gasteiger charge is 2.30. The van der Waals surface area contributed by atoms with Gasteiger partial charge in [0.2, 0.25) is 0 Å². The fourth-order valence-electron chi connectivity index (χ4n) is 3.84. The zero-order valence-corrected chi connectivity index (χ0v) is 18.0. The molecule has 6 nitrogen and oxygen atoms in total. The van der Waals surface area contributed by atoms with Crippen LogP contribution in [0.3, 0.4) is 0 Å². The van der Waals surface area contributed by atoms with E-state index < -0.39 is 0 Å². The molecule has 0 saturated carbocycles. The predicted octanol–water partition coefficient (Wildman–Crippen LogP) is 3.23. The summed E-state index contributed by atoms with van der Waals surface area (Å²) in [5.41, 5.74) is 1.27. The zero-order chi connectivity index (χ0) is 20.4. The molecule has 2 atom stereocenters. The van der Waals surface area contributed by atoms with Gasteiger partial charge in [-0.25, -0.2) is 0 Å². The number of unbranched alkanes of at least 4 members (excludes halogenated alkanes) is 1. The Morgan fingerprint density at radius 1 is 1.36 bits per heavy atom. The predicted molar refractivity (Wildman–Crippen MR) is 115 cm³/mol. The van der Waals surface area contributed by atoms with Crippen molar-refractivity contribution in [1.29, 1.82) is 0 Å². The molecule has 2 N–H and O–H groups in total. The number of piperidine rings is 1. The van der Waals surface area contributed by atoms with Crippen molar-refractivity contribution in [2.24, 2.45) is 10.9 Å². The van der Waals surface area contributed by atoms with Crippen LogP contribution in [0, 0.1) is 5.92 Å². The molecule has 1 aliphatic rings. The molecule has 0 bridgehead atoms. The zero-order valence-electron chi connectivity index (χ0n) is 17.2. The Morgan fingerprint density at radius 2 is 2.18 bits per heavy atom. The van der Waals surface area contributed by atoms with E-state index in [9.17, 15) is 4.79 Å². The molecule has 1 heterocycles. The molecule has 2 unspecified atom stereocenters. The fourth-order valence-corrected chi connectivity index (χ4v) is 4.04. The SMILES string of the molecule is CN=C(NCCCCC(=O)OC)NCC1CCCN(C)C1c1cccc(Cl)c1. The van der Waals surface area contributed by atoms with E-state index in [-0.39, 0.29) is 5.97 Å². The Labute approximate surface area is 173 Å². The summed E-state index contributed by atoms with van der Waals surface area (Å²) in [6.07, 6.45) is 4.53. The first kappa shape index (κ1) is 22.5. The average Bonchev–Trinajstić information content (AvgIpc) is 2.69. The van der Waals surface area contributed by atoms with Crippen LogP contribution < -0.4 is 10.6 Å². The number of rotatable bonds is 8. The molecule has 156 valence electrons. The summed E-state index contributed by atoms with van der Waals surface area (Å²) in [6, 6.07) is 8.54. The van der Waals surface area contributed by atoms with Crippen molar-refractivity contribution >= 4 is 23.5 Å². The second-order valence-corrected chi connectivity index (χ2v) is 7.73. The number of nitrogens with one attached hydrogen (secondary N) is 2. The topological polar surface area (TPSA) is 66.0 Å². The van der Waals surface area contributed by atoms with Crippen molar-refractivity contribution in [2.45, 2.75) is 38.1 Å². The van der Waals surface area contributed by atoms with Gasteiger partial charge in [0.25, 0.3) is 0 Å². The highest BCUT2D eigenvalue weighted by Crippen LogP contribution is 2.35. The van der Waals surface area contributed by atoms with Gasteiger partial charge < -0.3 is 15.4 Å². The maximum absolute atomic E-state index is 11.1. The molecule has 1 saturated heterocycles. The summed E-state index contributed by atoms with van der Waals surface area (Å²) in [5, 5.41) is 7.59. The molecule has 0 spiro atoms. The van der Waals surface area contributed by atoms with Crippen LogP contribution in [0.1, 0.15) is 43.7 Å². The number of ether oxygens (including phenoxy) is 1. The van der Waals surface area contributed by atoms with Crippen molar-refractivity contribution in [3.63, 3.8) is 0 Å². The van der Waals surface area contributed by atoms with Crippen molar-refractivity contribution in [1.82, 2.24) is 15.5 Å². The highest BCUT2D eigenvalue weighted by atomic mass is 35.5. The van der Waals surface area contributed by atoms with Crippen molar-refractivity contribution in [3.05, 3.63) is 34.9 Å². The van der Waals surface area contributed by atoms with Crippen LogP contribution in [0.4, 0.5) is 0 Å². The minimum atomic E-state index is -0.156. The number of hydrogen-bond acceptors (Lipinski definition) is 4. The molecule has 7 heteroatoms. The van der Waals surface area contributed by atoms with E-state index in [1.54, 1.807) is 7.05 Å². The summed E-state index contributed by atoms with van der Waals surface area (Å²) in [5.74, 6) is 1.13. The number of guanidine groups is 1. The quantitative estimate of drug-likeness (QED) is 0.299. The number of aliphatic imine (C=N–C) groups is 1. The second kappa shape index (κ2) is 11.9. The first-order chi connectivity index (χ1) is 13.5. The molecule has 0 amide bonds. The molecule has 28 heavy (non-hydrogen) atoms.